The van der Waals surface area contributed by atoms with Crippen LogP contribution in [0.2, 0.25) is 0 Å². The Labute approximate surface area is 117 Å². The predicted molar refractivity (Wildman–Crippen MR) is 73.5 cm³/mol. The summed E-state index contributed by atoms with van der Waals surface area (Å²) in [6.07, 6.45) is 0. The predicted octanol–water partition coefficient (Wildman–Crippen LogP) is 2.85. The fraction of sp³-hybridized carbons (Fsp3) is 0.125. The van der Waals surface area contributed by atoms with Gasteiger partial charge in [-0.1, -0.05) is 17.7 Å². The van der Waals surface area contributed by atoms with Gasteiger partial charge in [-0.25, -0.2) is 4.79 Å². The SMILES string of the molecule is Cc1ccc(OCC(=O)Oc2ccc(C#N)cc2)cc1. The van der Waals surface area contributed by atoms with Crippen LogP contribution < -0.4 is 9.47 Å². The molecule has 0 bridgehead atoms. The molecule has 0 amide bonds. The van der Waals surface area contributed by atoms with E-state index in [-0.39, 0.29) is 6.61 Å². The van der Waals surface area contributed by atoms with Crippen molar-refractivity contribution in [3.63, 3.8) is 0 Å². The van der Waals surface area contributed by atoms with E-state index < -0.39 is 5.97 Å². The van der Waals surface area contributed by atoms with Gasteiger partial charge in [0.2, 0.25) is 0 Å². The van der Waals surface area contributed by atoms with Gasteiger partial charge in [0.15, 0.2) is 6.61 Å². The average Bonchev–Trinajstić information content (AvgIpc) is 2.47. The quantitative estimate of drug-likeness (QED) is 0.631. The highest BCUT2D eigenvalue weighted by Crippen LogP contribution is 2.13. The molecule has 0 atom stereocenters. The first-order valence-corrected chi connectivity index (χ1v) is 6.08. The summed E-state index contributed by atoms with van der Waals surface area (Å²) in [4.78, 5) is 11.6. The van der Waals surface area contributed by atoms with Gasteiger partial charge in [0.1, 0.15) is 11.5 Å². The maximum absolute atomic E-state index is 11.6. The van der Waals surface area contributed by atoms with Crippen molar-refractivity contribution in [1.82, 2.24) is 0 Å². The zero-order valence-electron chi connectivity index (χ0n) is 11.0. The Kier molecular flexibility index (Phi) is 4.35. The van der Waals surface area contributed by atoms with Crippen molar-refractivity contribution in [3.05, 3.63) is 59.7 Å². The van der Waals surface area contributed by atoms with Crippen LogP contribution in [0, 0.1) is 18.3 Å². The second-order valence-electron chi connectivity index (χ2n) is 4.21. The number of hydrogen-bond donors (Lipinski definition) is 0. The van der Waals surface area contributed by atoms with Gasteiger partial charge in [-0.05, 0) is 43.3 Å². The molecule has 0 saturated heterocycles. The lowest BCUT2D eigenvalue weighted by Gasteiger charge is -2.07. The molecule has 0 spiro atoms. The van der Waals surface area contributed by atoms with Crippen molar-refractivity contribution in [1.29, 1.82) is 5.26 Å². The fourth-order valence-electron chi connectivity index (χ4n) is 1.54. The summed E-state index contributed by atoms with van der Waals surface area (Å²) < 4.78 is 10.4. The molecular formula is C16H13NO3. The lowest BCUT2D eigenvalue weighted by molar-refractivity contribution is -0.136. The minimum Gasteiger partial charge on any atom is -0.482 e. The van der Waals surface area contributed by atoms with Crippen LogP contribution in [0.5, 0.6) is 11.5 Å². The van der Waals surface area contributed by atoms with Crippen LogP contribution in [-0.4, -0.2) is 12.6 Å². The molecule has 20 heavy (non-hydrogen) atoms. The Morgan fingerprint density at radius 1 is 1.05 bits per heavy atom. The molecule has 0 radical (unpaired) electrons. The number of nitriles is 1. The highest BCUT2D eigenvalue weighted by molar-refractivity contribution is 5.74. The van der Waals surface area contributed by atoms with Crippen molar-refractivity contribution in [3.8, 4) is 17.6 Å². The largest absolute Gasteiger partial charge is 0.482 e. The van der Waals surface area contributed by atoms with Gasteiger partial charge < -0.3 is 9.47 Å². The first kappa shape index (κ1) is 13.6. The Balaban J connectivity index is 1.86. The van der Waals surface area contributed by atoms with Gasteiger partial charge in [-0.3, -0.25) is 0 Å². The molecule has 2 aromatic rings. The van der Waals surface area contributed by atoms with E-state index in [1.165, 1.54) is 0 Å². The third kappa shape index (κ3) is 3.85. The second-order valence-corrected chi connectivity index (χ2v) is 4.21. The number of aryl methyl sites for hydroxylation is 1. The van der Waals surface area contributed by atoms with E-state index in [1.807, 2.05) is 25.1 Å². The van der Waals surface area contributed by atoms with Gasteiger partial charge in [0.05, 0.1) is 11.6 Å². The average molecular weight is 267 g/mol. The minimum atomic E-state index is -0.490. The van der Waals surface area contributed by atoms with Crippen molar-refractivity contribution in [2.75, 3.05) is 6.61 Å². The lowest BCUT2D eigenvalue weighted by Crippen LogP contribution is -2.17. The maximum Gasteiger partial charge on any atom is 0.349 e. The molecule has 100 valence electrons. The standard InChI is InChI=1S/C16H13NO3/c1-12-2-6-14(7-3-12)19-11-16(18)20-15-8-4-13(10-17)5-9-15/h2-9H,11H2,1H3. The van der Waals surface area contributed by atoms with Crippen molar-refractivity contribution >= 4 is 5.97 Å². The lowest BCUT2D eigenvalue weighted by atomic mass is 10.2. The van der Waals surface area contributed by atoms with Gasteiger partial charge in [0, 0.05) is 0 Å². The van der Waals surface area contributed by atoms with E-state index in [0.29, 0.717) is 17.1 Å². The van der Waals surface area contributed by atoms with Gasteiger partial charge in [0.25, 0.3) is 0 Å². The van der Waals surface area contributed by atoms with E-state index in [4.69, 9.17) is 14.7 Å². The summed E-state index contributed by atoms with van der Waals surface area (Å²) >= 11 is 0. The minimum absolute atomic E-state index is 0.164. The zero-order chi connectivity index (χ0) is 14.4. The number of esters is 1. The Bertz CT molecular complexity index is 624. The molecule has 0 aliphatic rings. The van der Waals surface area contributed by atoms with E-state index in [0.717, 1.165) is 5.56 Å². The number of carbonyl (C=O) groups is 1. The van der Waals surface area contributed by atoms with Crippen molar-refractivity contribution < 1.29 is 14.3 Å². The smallest absolute Gasteiger partial charge is 0.349 e. The van der Waals surface area contributed by atoms with Gasteiger partial charge in [-0.15, -0.1) is 0 Å². The molecule has 2 aromatic carbocycles. The molecule has 0 fully saturated rings. The normalized spacial score (nSPS) is 9.60. The first-order valence-electron chi connectivity index (χ1n) is 6.08. The summed E-state index contributed by atoms with van der Waals surface area (Å²) in [7, 11) is 0. The summed E-state index contributed by atoms with van der Waals surface area (Å²) in [6.45, 7) is 1.81. The molecule has 0 aromatic heterocycles. The molecule has 0 aliphatic carbocycles. The number of nitrogens with zero attached hydrogens (tertiary/aromatic N) is 1. The summed E-state index contributed by atoms with van der Waals surface area (Å²) in [5.41, 5.74) is 1.64. The number of benzene rings is 2. The van der Waals surface area contributed by atoms with E-state index in [9.17, 15) is 4.79 Å². The molecule has 0 saturated carbocycles. The van der Waals surface area contributed by atoms with Crippen LogP contribution in [0.1, 0.15) is 11.1 Å². The Morgan fingerprint density at radius 3 is 2.25 bits per heavy atom. The van der Waals surface area contributed by atoms with Gasteiger partial charge in [-0.2, -0.15) is 5.26 Å². The molecule has 0 heterocycles. The summed E-state index contributed by atoms with van der Waals surface area (Å²) in [5, 5.41) is 8.66. The maximum atomic E-state index is 11.6. The third-order valence-electron chi connectivity index (χ3n) is 2.59. The van der Waals surface area contributed by atoms with Crippen molar-refractivity contribution in [2.24, 2.45) is 0 Å². The highest BCUT2D eigenvalue weighted by Gasteiger charge is 2.06. The second kappa shape index (κ2) is 6.39. The topological polar surface area (TPSA) is 59.3 Å². The van der Waals surface area contributed by atoms with E-state index in [2.05, 4.69) is 0 Å². The van der Waals surface area contributed by atoms with Gasteiger partial charge >= 0.3 is 5.97 Å². The van der Waals surface area contributed by atoms with E-state index >= 15 is 0 Å². The molecule has 0 N–H and O–H groups in total. The van der Waals surface area contributed by atoms with Crippen LogP contribution in [-0.2, 0) is 4.79 Å². The summed E-state index contributed by atoms with van der Waals surface area (Å²) in [6, 6.07) is 15.7. The number of ether oxygens (including phenoxy) is 2. The highest BCUT2D eigenvalue weighted by atomic mass is 16.6. The zero-order valence-corrected chi connectivity index (χ0v) is 11.0. The Hall–Kier alpha value is -2.80. The number of hydrogen-bond acceptors (Lipinski definition) is 4. The third-order valence-corrected chi connectivity index (χ3v) is 2.59. The molecule has 2 rings (SSSR count). The van der Waals surface area contributed by atoms with Crippen molar-refractivity contribution in [2.45, 2.75) is 6.92 Å². The Morgan fingerprint density at radius 2 is 1.65 bits per heavy atom. The first-order chi connectivity index (χ1) is 9.67. The number of carbonyl (C=O) groups excluding carboxylic acids is 1. The number of rotatable bonds is 4. The monoisotopic (exact) mass is 267 g/mol. The molecule has 0 unspecified atom stereocenters. The van der Waals surface area contributed by atoms with E-state index in [1.54, 1.807) is 36.4 Å². The van der Waals surface area contributed by atoms with Crippen LogP contribution in [0.3, 0.4) is 0 Å². The van der Waals surface area contributed by atoms with Crippen LogP contribution in [0.25, 0.3) is 0 Å². The molecule has 4 nitrogen and oxygen atoms in total. The summed E-state index contributed by atoms with van der Waals surface area (Å²) in [5.74, 6) is 0.518. The molecular weight excluding hydrogens is 254 g/mol. The molecule has 0 aliphatic heterocycles. The fourth-order valence-corrected chi connectivity index (χ4v) is 1.54. The van der Waals surface area contributed by atoms with Crippen LogP contribution in [0.4, 0.5) is 0 Å². The molecule has 4 heteroatoms. The van der Waals surface area contributed by atoms with Crippen LogP contribution >= 0.6 is 0 Å². The van der Waals surface area contributed by atoms with Crippen LogP contribution in [0.15, 0.2) is 48.5 Å².